The first kappa shape index (κ1) is 9.16. The smallest absolute Gasteiger partial charge is 0.188 e. The minimum Gasteiger partial charge on any atom is -0.372 e. The molecule has 1 aliphatic heterocycles. The maximum atomic E-state index is 8.87. The summed E-state index contributed by atoms with van der Waals surface area (Å²) < 4.78 is 7.27. The molecule has 1 aromatic heterocycles. The SMILES string of the molecule is CCn1nnc(C#N)c1C1CCCO1. The van der Waals surface area contributed by atoms with Crippen LogP contribution < -0.4 is 0 Å². The molecule has 74 valence electrons. The zero-order valence-electron chi connectivity index (χ0n) is 8.10. The minimum atomic E-state index is 0.0135. The number of aromatic nitrogens is 3. The lowest BCUT2D eigenvalue weighted by Crippen LogP contribution is -2.08. The zero-order valence-corrected chi connectivity index (χ0v) is 8.10. The van der Waals surface area contributed by atoms with Gasteiger partial charge in [-0.15, -0.1) is 5.10 Å². The van der Waals surface area contributed by atoms with Crippen LogP contribution in [0.15, 0.2) is 0 Å². The molecule has 1 aromatic rings. The summed E-state index contributed by atoms with van der Waals surface area (Å²) in [6.07, 6.45) is 2.02. The molecule has 0 saturated carbocycles. The van der Waals surface area contributed by atoms with Gasteiger partial charge in [-0.3, -0.25) is 0 Å². The number of rotatable bonds is 2. The van der Waals surface area contributed by atoms with Crippen LogP contribution in [0, 0.1) is 11.3 Å². The average Bonchev–Trinajstić information content (AvgIpc) is 2.85. The monoisotopic (exact) mass is 192 g/mol. The van der Waals surface area contributed by atoms with Gasteiger partial charge in [0.15, 0.2) is 5.69 Å². The van der Waals surface area contributed by atoms with E-state index in [2.05, 4.69) is 16.4 Å². The Morgan fingerprint density at radius 2 is 2.57 bits per heavy atom. The Morgan fingerprint density at radius 3 is 3.14 bits per heavy atom. The quantitative estimate of drug-likeness (QED) is 0.701. The van der Waals surface area contributed by atoms with E-state index >= 15 is 0 Å². The molecule has 0 N–H and O–H groups in total. The van der Waals surface area contributed by atoms with Crippen molar-refractivity contribution in [1.29, 1.82) is 5.26 Å². The van der Waals surface area contributed by atoms with Crippen LogP contribution in [-0.2, 0) is 11.3 Å². The number of hydrogen-bond acceptors (Lipinski definition) is 4. The maximum absolute atomic E-state index is 8.87. The van der Waals surface area contributed by atoms with E-state index in [-0.39, 0.29) is 6.10 Å². The summed E-state index contributed by atoms with van der Waals surface area (Å²) in [5, 5.41) is 16.6. The first-order chi connectivity index (χ1) is 6.86. The van der Waals surface area contributed by atoms with Crippen molar-refractivity contribution in [2.45, 2.75) is 32.4 Å². The van der Waals surface area contributed by atoms with Gasteiger partial charge in [-0.2, -0.15) is 5.26 Å². The molecule has 1 unspecified atom stereocenters. The lowest BCUT2D eigenvalue weighted by atomic mass is 10.1. The molecule has 1 fully saturated rings. The van der Waals surface area contributed by atoms with Gasteiger partial charge in [0.2, 0.25) is 0 Å². The second-order valence-electron chi connectivity index (χ2n) is 3.25. The summed E-state index contributed by atoms with van der Waals surface area (Å²) in [4.78, 5) is 0. The molecular formula is C9H12N4O. The summed E-state index contributed by atoms with van der Waals surface area (Å²) in [7, 11) is 0. The first-order valence-corrected chi connectivity index (χ1v) is 4.82. The molecule has 0 amide bonds. The van der Waals surface area contributed by atoms with Gasteiger partial charge in [0, 0.05) is 13.2 Å². The van der Waals surface area contributed by atoms with Gasteiger partial charge < -0.3 is 4.74 Å². The van der Waals surface area contributed by atoms with Crippen molar-refractivity contribution < 1.29 is 4.74 Å². The van der Waals surface area contributed by atoms with Crippen LogP contribution in [0.4, 0.5) is 0 Å². The van der Waals surface area contributed by atoms with Gasteiger partial charge in [0.05, 0.1) is 0 Å². The summed E-state index contributed by atoms with van der Waals surface area (Å²) in [5.74, 6) is 0. The van der Waals surface area contributed by atoms with Crippen LogP contribution in [0.25, 0.3) is 0 Å². The third kappa shape index (κ3) is 1.38. The van der Waals surface area contributed by atoms with Gasteiger partial charge in [-0.1, -0.05) is 5.21 Å². The van der Waals surface area contributed by atoms with Crippen molar-refractivity contribution >= 4 is 0 Å². The van der Waals surface area contributed by atoms with Gasteiger partial charge in [-0.05, 0) is 19.8 Å². The molecule has 0 bridgehead atoms. The lowest BCUT2D eigenvalue weighted by molar-refractivity contribution is 0.104. The number of nitriles is 1. The second-order valence-corrected chi connectivity index (χ2v) is 3.25. The molecule has 0 spiro atoms. The first-order valence-electron chi connectivity index (χ1n) is 4.82. The van der Waals surface area contributed by atoms with Crippen molar-refractivity contribution in [2.24, 2.45) is 0 Å². The largest absolute Gasteiger partial charge is 0.372 e. The molecule has 0 aromatic carbocycles. The molecule has 2 rings (SSSR count). The molecule has 5 heteroatoms. The third-order valence-electron chi connectivity index (χ3n) is 2.41. The predicted molar refractivity (Wildman–Crippen MR) is 48.3 cm³/mol. The molecule has 5 nitrogen and oxygen atoms in total. The average molecular weight is 192 g/mol. The normalized spacial score (nSPS) is 21.0. The minimum absolute atomic E-state index is 0.0135. The second kappa shape index (κ2) is 3.76. The van der Waals surface area contributed by atoms with E-state index in [0.717, 1.165) is 31.7 Å². The van der Waals surface area contributed by atoms with Gasteiger partial charge in [-0.25, -0.2) is 4.68 Å². The highest BCUT2D eigenvalue weighted by Crippen LogP contribution is 2.29. The highest BCUT2D eigenvalue weighted by atomic mass is 16.5. The van der Waals surface area contributed by atoms with Gasteiger partial charge >= 0.3 is 0 Å². The topological polar surface area (TPSA) is 63.7 Å². The number of aryl methyl sites for hydroxylation is 1. The Kier molecular flexibility index (Phi) is 2.46. The standard InChI is InChI=1S/C9H12N4O/c1-2-13-9(7(6-10)11-12-13)8-4-3-5-14-8/h8H,2-5H2,1H3. The zero-order chi connectivity index (χ0) is 9.97. The molecule has 2 heterocycles. The Morgan fingerprint density at radius 1 is 1.71 bits per heavy atom. The molecule has 0 radical (unpaired) electrons. The van der Waals surface area contributed by atoms with Crippen LogP contribution in [-0.4, -0.2) is 21.6 Å². The fraction of sp³-hybridized carbons (Fsp3) is 0.667. The predicted octanol–water partition coefficient (Wildman–Crippen LogP) is 1.02. The summed E-state index contributed by atoms with van der Waals surface area (Å²) in [5.41, 5.74) is 1.24. The van der Waals surface area contributed by atoms with Crippen LogP contribution in [0.3, 0.4) is 0 Å². The third-order valence-corrected chi connectivity index (χ3v) is 2.41. The van der Waals surface area contributed by atoms with E-state index in [9.17, 15) is 0 Å². The summed E-state index contributed by atoms with van der Waals surface area (Å²) >= 11 is 0. The van der Waals surface area contributed by atoms with Crippen molar-refractivity contribution in [3.63, 3.8) is 0 Å². The van der Waals surface area contributed by atoms with E-state index in [1.54, 1.807) is 4.68 Å². The molecule has 1 atom stereocenters. The maximum Gasteiger partial charge on any atom is 0.188 e. The Bertz CT molecular complexity index is 359. The van der Waals surface area contributed by atoms with Crippen LogP contribution in [0.2, 0.25) is 0 Å². The van der Waals surface area contributed by atoms with E-state index in [0.29, 0.717) is 5.69 Å². The fourth-order valence-electron chi connectivity index (χ4n) is 1.75. The van der Waals surface area contributed by atoms with Gasteiger partial charge in [0.1, 0.15) is 17.9 Å². The number of hydrogen-bond donors (Lipinski definition) is 0. The van der Waals surface area contributed by atoms with Crippen LogP contribution in [0.1, 0.15) is 37.3 Å². The van der Waals surface area contributed by atoms with E-state index in [1.165, 1.54) is 0 Å². The molecular weight excluding hydrogens is 180 g/mol. The lowest BCUT2D eigenvalue weighted by Gasteiger charge is -2.10. The molecule has 1 aliphatic rings. The Labute approximate surface area is 82.3 Å². The molecule has 0 aliphatic carbocycles. The van der Waals surface area contributed by atoms with E-state index < -0.39 is 0 Å². The summed E-state index contributed by atoms with van der Waals surface area (Å²) in [6.45, 7) is 3.47. The highest BCUT2D eigenvalue weighted by Gasteiger charge is 2.25. The van der Waals surface area contributed by atoms with E-state index in [4.69, 9.17) is 10.00 Å². The van der Waals surface area contributed by atoms with Crippen molar-refractivity contribution in [2.75, 3.05) is 6.61 Å². The van der Waals surface area contributed by atoms with Gasteiger partial charge in [0.25, 0.3) is 0 Å². The van der Waals surface area contributed by atoms with Crippen molar-refractivity contribution in [1.82, 2.24) is 15.0 Å². The fourth-order valence-corrected chi connectivity index (χ4v) is 1.75. The van der Waals surface area contributed by atoms with Crippen molar-refractivity contribution in [3.8, 4) is 6.07 Å². The molecule has 1 saturated heterocycles. The Hall–Kier alpha value is -1.41. The van der Waals surface area contributed by atoms with Crippen LogP contribution in [0.5, 0.6) is 0 Å². The summed E-state index contributed by atoms with van der Waals surface area (Å²) in [6, 6.07) is 2.05. The number of ether oxygens (including phenoxy) is 1. The van der Waals surface area contributed by atoms with E-state index in [1.807, 2.05) is 6.92 Å². The molecule has 14 heavy (non-hydrogen) atoms. The van der Waals surface area contributed by atoms with Crippen LogP contribution >= 0.6 is 0 Å². The highest BCUT2D eigenvalue weighted by molar-refractivity contribution is 5.26. The van der Waals surface area contributed by atoms with Crippen molar-refractivity contribution in [3.05, 3.63) is 11.4 Å². The Balaban J connectivity index is 2.37. The number of nitrogens with zero attached hydrogens (tertiary/aromatic N) is 4.